The van der Waals surface area contributed by atoms with Crippen LogP contribution < -0.4 is 0 Å². The van der Waals surface area contributed by atoms with E-state index in [0.717, 1.165) is 25.5 Å². The number of rotatable bonds is 11. The third-order valence-corrected chi connectivity index (χ3v) is 4.48. The molecule has 0 aromatic carbocycles. The molecule has 0 aliphatic rings. The van der Waals surface area contributed by atoms with Crippen LogP contribution in [0.25, 0.3) is 0 Å². The van der Waals surface area contributed by atoms with E-state index in [1.165, 1.54) is 6.16 Å². The fourth-order valence-corrected chi connectivity index (χ4v) is 2.73. The molecular weight excluding hydrogens is 215 g/mol. The first-order valence-corrected chi connectivity index (χ1v) is 7.10. The van der Waals surface area contributed by atoms with Crippen molar-refractivity contribution in [2.75, 3.05) is 59.5 Å². The molecule has 0 rings (SSSR count). The maximum Gasteiger partial charge on any atom is 0.146 e. The minimum Gasteiger partial charge on any atom is -0.359 e. The Morgan fingerprint density at radius 1 is 0.867 bits per heavy atom. The average Bonchev–Trinajstić information content (AvgIpc) is 2.27. The van der Waals surface area contributed by atoms with Gasteiger partial charge in [0.25, 0.3) is 0 Å². The van der Waals surface area contributed by atoms with Gasteiger partial charge in [0.05, 0.1) is 13.2 Å². The molecule has 0 heterocycles. The van der Waals surface area contributed by atoms with E-state index in [9.17, 15) is 0 Å². The third kappa shape index (κ3) is 10.6. The molecule has 0 amide bonds. The molecule has 0 saturated heterocycles. The molecule has 0 spiro atoms. The Kier molecular flexibility index (Phi) is 12.6. The lowest BCUT2D eigenvalue weighted by Crippen LogP contribution is -2.08. The normalized spacial score (nSPS) is 11.2. The molecule has 0 aromatic heterocycles. The molecule has 0 bridgehead atoms. The molecule has 0 N–H and O–H groups in total. The lowest BCUT2D eigenvalue weighted by molar-refractivity contribution is -0.0254. The van der Waals surface area contributed by atoms with E-state index >= 15 is 0 Å². The summed E-state index contributed by atoms with van der Waals surface area (Å²) in [6.07, 6.45) is 3.49. The summed E-state index contributed by atoms with van der Waals surface area (Å²) in [5.74, 6) is 0. The van der Waals surface area contributed by atoms with E-state index in [2.05, 4.69) is 6.92 Å². The van der Waals surface area contributed by atoms with E-state index in [1.807, 2.05) is 0 Å². The van der Waals surface area contributed by atoms with Crippen LogP contribution in [-0.4, -0.2) is 59.5 Å². The van der Waals surface area contributed by atoms with Crippen LogP contribution >= 0.6 is 7.92 Å². The van der Waals surface area contributed by atoms with Gasteiger partial charge in [0.2, 0.25) is 0 Å². The van der Waals surface area contributed by atoms with Crippen molar-refractivity contribution < 1.29 is 18.9 Å². The third-order valence-electron chi connectivity index (χ3n) is 1.95. The summed E-state index contributed by atoms with van der Waals surface area (Å²) >= 11 is 0. The summed E-state index contributed by atoms with van der Waals surface area (Å²) in [5.41, 5.74) is 0. The highest BCUT2D eigenvalue weighted by molar-refractivity contribution is 7.57. The van der Waals surface area contributed by atoms with Gasteiger partial charge in [0, 0.05) is 14.2 Å². The number of hydrogen-bond donors (Lipinski definition) is 0. The SMILES string of the molecule is CCP(CCOCOC)CCOCOC. The molecule has 0 radical (unpaired) electrons. The Bertz CT molecular complexity index is 112. The Hall–Kier alpha value is 0.270. The van der Waals surface area contributed by atoms with Gasteiger partial charge in [-0.15, -0.1) is 7.92 Å². The summed E-state index contributed by atoms with van der Waals surface area (Å²) in [5, 5.41) is 0. The monoisotopic (exact) mass is 238 g/mol. The number of methoxy groups -OCH3 is 2. The van der Waals surface area contributed by atoms with Crippen molar-refractivity contribution in [2.45, 2.75) is 6.92 Å². The summed E-state index contributed by atoms with van der Waals surface area (Å²) in [7, 11) is 3.33. The molecule has 0 aliphatic heterocycles. The van der Waals surface area contributed by atoms with Crippen LogP contribution in [0.4, 0.5) is 0 Å². The van der Waals surface area contributed by atoms with Gasteiger partial charge < -0.3 is 18.9 Å². The molecule has 15 heavy (non-hydrogen) atoms. The van der Waals surface area contributed by atoms with Crippen LogP contribution in [0.5, 0.6) is 0 Å². The van der Waals surface area contributed by atoms with Crippen molar-refractivity contribution in [3.05, 3.63) is 0 Å². The van der Waals surface area contributed by atoms with Gasteiger partial charge in [-0.2, -0.15) is 0 Å². The molecule has 0 aromatic rings. The van der Waals surface area contributed by atoms with Crippen molar-refractivity contribution >= 4 is 7.92 Å². The Balaban J connectivity index is 3.29. The van der Waals surface area contributed by atoms with Crippen molar-refractivity contribution in [1.82, 2.24) is 0 Å². The largest absolute Gasteiger partial charge is 0.359 e. The second-order valence-electron chi connectivity index (χ2n) is 3.06. The second-order valence-corrected chi connectivity index (χ2v) is 5.93. The highest BCUT2D eigenvalue weighted by atomic mass is 31.1. The van der Waals surface area contributed by atoms with Gasteiger partial charge in [-0.25, -0.2) is 0 Å². The van der Waals surface area contributed by atoms with Crippen molar-refractivity contribution in [2.24, 2.45) is 0 Å². The van der Waals surface area contributed by atoms with E-state index < -0.39 is 0 Å². The fourth-order valence-electron chi connectivity index (χ4n) is 1.10. The van der Waals surface area contributed by atoms with Crippen LogP contribution in [0.3, 0.4) is 0 Å². The van der Waals surface area contributed by atoms with E-state index in [-0.39, 0.29) is 7.92 Å². The van der Waals surface area contributed by atoms with Crippen LogP contribution in [0.2, 0.25) is 0 Å². The van der Waals surface area contributed by atoms with Crippen molar-refractivity contribution in [3.8, 4) is 0 Å². The standard InChI is InChI=1S/C10H23O4P/c1-4-15(7-5-13-9-11-2)8-6-14-10-12-3/h4-10H2,1-3H3. The molecule has 92 valence electrons. The molecule has 0 fully saturated rings. The molecular formula is C10H23O4P. The topological polar surface area (TPSA) is 36.9 Å². The Morgan fingerprint density at radius 3 is 1.67 bits per heavy atom. The van der Waals surface area contributed by atoms with Crippen LogP contribution in [0.15, 0.2) is 0 Å². The van der Waals surface area contributed by atoms with E-state index in [1.54, 1.807) is 14.2 Å². The smallest absolute Gasteiger partial charge is 0.146 e. The maximum atomic E-state index is 5.27. The minimum absolute atomic E-state index is 0.0472. The zero-order chi connectivity index (χ0) is 11.4. The molecule has 5 heteroatoms. The van der Waals surface area contributed by atoms with Crippen LogP contribution in [0.1, 0.15) is 6.92 Å². The lowest BCUT2D eigenvalue weighted by Gasteiger charge is -2.15. The quantitative estimate of drug-likeness (QED) is 0.312. The van der Waals surface area contributed by atoms with Gasteiger partial charge >= 0.3 is 0 Å². The van der Waals surface area contributed by atoms with Crippen LogP contribution in [0, 0.1) is 0 Å². The molecule has 4 nitrogen and oxygen atoms in total. The first-order chi connectivity index (χ1) is 7.35. The van der Waals surface area contributed by atoms with Crippen molar-refractivity contribution in [3.63, 3.8) is 0 Å². The maximum absolute atomic E-state index is 5.27. The van der Waals surface area contributed by atoms with Crippen LogP contribution in [-0.2, 0) is 18.9 Å². The fraction of sp³-hybridized carbons (Fsp3) is 1.00. The Labute approximate surface area is 94.0 Å². The minimum atomic E-state index is 0.0472. The molecule has 0 atom stereocenters. The number of hydrogen-bond acceptors (Lipinski definition) is 4. The highest BCUT2D eigenvalue weighted by Crippen LogP contribution is 2.33. The van der Waals surface area contributed by atoms with E-state index in [4.69, 9.17) is 18.9 Å². The van der Waals surface area contributed by atoms with Gasteiger partial charge in [0.15, 0.2) is 0 Å². The zero-order valence-corrected chi connectivity index (χ0v) is 10.9. The van der Waals surface area contributed by atoms with E-state index in [0.29, 0.717) is 13.6 Å². The summed E-state index contributed by atoms with van der Waals surface area (Å²) in [6, 6.07) is 0. The predicted octanol–water partition coefficient (Wildman–Crippen LogP) is 1.73. The molecule has 0 saturated carbocycles. The second kappa shape index (κ2) is 12.3. The zero-order valence-electron chi connectivity index (χ0n) is 10.0. The first kappa shape index (κ1) is 15.3. The molecule has 0 unspecified atom stereocenters. The highest BCUT2D eigenvalue weighted by Gasteiger charge is 2.04. The van der Waals surface area contributed by atoms with Gasteiger partial charge in [-0.05, 0) is 18.5 Å². The molecule has 0 aliphatic carbocycles. The van der Waals surface area contributed by atoms with Gasteiger partial charge in [-0.3, -0.25) is 0 Å². The summed E-state index contributed by atoms with van der Waals surface area (Å²) in [6.45, 7) is 4.59. The average molecular weight is 238 g/mol. The summed E-state index contributed by atoms with van der Waals surface area (Å²) < 4.78 is 20.2. The van der Waals surface area contributed by atoms with Gasteiger partial charge in [0.1, 0.15) is 13.6 Å². The predicted molar refractivity (Wildman–Crippen MR) is 62.9 cm³/mol. The van der Waals surface area contributed by atoms with Gasteiger partial charge in [-0.1, -0.05) is 6.92 Å². The lowest BCUT2D eigenvalue weighted by atomic mass is 10.8. The Morgan fingerprint density at radius 2 is 1.33 bits per heavy atom. The number of ether oxygens (including phenoxy) is 4. The summed E-state index contributed by atoms with van der Waals surface area (Å²) in [4.78, 5) is 0. The van der Waals surface area contributed by atoms with Crippen molar-refractivity contribution in [1.29, 1.82) is 0 Å². The first-order valence-electron chi connectivity index (χ1n) is 5.20.